The molecule has 1 fully saturated rings. The van der Waals surface area contributed by atoms with Crippen LogP contribution in [0.3, 0.4) is 0 Å². The molecule has 1 saturated carbocycles. The Bertz CT molecular complexity index is 936. The van der Waals surface area contributed by atoms with E-state index in [-0.39, 0.29) is 17.9 Å². The number of benzene rings is 2. The largest absolute Gasteiger partial charge is 0.497 e. The van der Waals surface area contributed by atoms with Crippen LogP contribution >= 0.6 is 15.9 Å². The van der Waals surface area contributed by atoms with Gasteiger partial charge in [0.1, 0.15) is 5.75 Å². The maximum absolute atomic E-state index is 13.0. The van der Waals surface area contributed by atoms with Crippen molar-refractivity contribution >= 4 is 33.4 Å². The molecule has 3 rings (SSSR count). The van der Waals surface area contributed by atoms with E-state index in [4.69, 9.17) is 4.74 Å². The topological polar surface area (TPSA) is 67.4 Å². The minimum absolute atomic E-state index is 0.117. The van der Waals surface area contributed by atoms with Crippen LogP contribution in [0.15, 0.2) is 47.5 Å². The molecule has 2 aromatic carbocycles. The van der Waals surface area contributed by atoms with Gasteiger partial charge in [0.15, 0.2) is 0 Å². The fraction of sp³-hybridized carbons (Fsp3) is 0.273. The first-order valence-corrected chi connectivity index (χ1v) is 9.92. The zero-order chi connectivity index (χ0) is 20.3. The van der Waals surface area contributed by atoms with E-state index < -0.39 is 0 Å². The number of anilines is 1. The molecule has 0 atom stereocenters. The van der Waals surface area contributed by atoms with Crippen molar-refractivity contribution in [3.8, 4) is 5.75 Å². The number of carbonyl (C=O) groups excluding carboxylic acids is 2. The molecule has 0 radical (unpaired) electrons. The molecule has 28 heavy (non-hydrogen) atoms. The van der Waals surface area contributed by atoms with Crippen LogP contribution in [-0.4, -0.2) is 25.0 Å². The number of hydrogen-bond donors (Lipinski definition) is 2. The third-order valence-electron chi connectivity index (χ3n) is 4.63. The summed E-state index contributed by atoms with van der Waals surface area (Å²) in [7, 11) is 1.56. The lowest BCUT2D eigenvalue weighted by Gasteiger charge is -2.14. The van der Waals surface area contributed by atoms with Crippen molar-refractivity contribution in [2.75, 3.05) is 12.4 Å². The van der Waals surface area contributed by atoms with Gasteiger partial charge in [0.25, 0.3) is 11.8 Å². The Morgan fingerprint density at radius 3 is 2.64 bits per heavy atom. The predicted octanol–water partition coefficient (Wildman–Crippen LogP) is 4.64. The van der Waals surface area contributed by atoms with Crippen LogP contribution in [0.5, 0.6) is 5.75 Å². The number of rotatable bonds is 7. The summed E-state index contributed by atoms with van der Waals surface area (Å²) in [5, 5.41) is 5.88. The van der Waals surface area contributed by atoms with Crippen LogP contribution in [-0.2, 0) is 6.42 Å². The average molecular weight is 443 g/mol. The van der Waals surface area contributed by atoms with Crippen LogP contribution in [0.2, 0.25) is 0 Å². The lowest BCUT2D eigenvalue weighted by atomic mass is 10.1. The number of ether oxygens (including phenoxy) is 1. The average Bonchev–Trinajstić information content (AvgIpc) is 3.49. The maximum atomic E-state index is 13.0. The van der Waals surface area contributed by atoms with E-state index >= 15 is 0 Å². The Morgan fingerprint density at radius 1 is 1.25 bits per heavy atom. The molecule has 0 spiro atoms. The number of allylic oxidation sites excluding steroid dienone is 1. The summed E-state index contributed by atoms with van der Waals surface area (Å²) in [6.07, 6.45) is 4.43. The van der Waals surface area contributed by atoms with Gasteiger partial charge in [0.05, 0.1) is 12.7 Å². The van der Waals surface area contributed by atoms with Crippen LogP contribution in [0.1, 0.15) is 44.7 Å². The Kier molecular flexibility index (Phi) is 6.19. The number of aryl methyl sites for hydroxylation is 1. The van der Waals surface area contributed by atoms with Gasteiger partial charge in [-0.1, -0.05) is 12.1 Å². The molecule has 2 amide bonds. The minimum Gasteiger partial charge on any atom is -0.497 e. The standard InChI is InChI=1S/C22H23BrN2O3/c1-4-5-14-10-17(28-3)12-18(20(14)23)22(27)25-19-11-15(7-6-13(19)2)21(26)24-16-8-9-16/h4,6-7,10-12,16H,1,5,8-9H2,2-3H3,(H,24,26)(H,25,27). The van der Waals surface area contributed by atoms with Gasteiger partial charge in [0.2, 0.25) is 0 Å². The second-order valence-corrected chi connectivity index (χ2v) is 7.67. The number of nitrogens with one attached hydrogen (secondary N) is 2. The van der Waals surface area contributed by atoms with E-state index in [0.29, 0.717) is 33.5 Å². The number of hydrogen-bond acceptors (Lipinski definition) is 3. The zero-order valence-electron chi connectivity index (χ0n) is 16.0. The monoisotopic (exact) mass is 442 g/mol. The van der Waals surface area contributed by atoms with Gasteiger partial charge in [-0.05, 0) is 77.5 Å². The summed E-state index contributed by atoms with van der Waals surface area (Å²) in [5.74, 6) is 0.201. The Labute approximate surface area is 173 Å². The van der Waals surface area contributed by atoms with E-state index in [1.165, 1.54) is 0 Å². The van der Waals surface area contributed by atoms with Crippen molar-refractivity contribution in [2.24, 2.45) is 0 Å². The first kappa shape index (κ1) is 20.1. The summed E-state index contributed by atoms with van der Waals surface area (Å²) in [6.45, 7) is 5.65. The molecule has 146 valence electrons. The number of carbonyl (C=O) groups is 2. The van der Waals surface area contributed by atoms with E-state index in [1.807, 2.05) is 19.1 Å². The summed E-state index contributed by atoms with van der Waals surface area (Å²) in [6, 6.07) is 9.15. The van der Waals surface area contributed by atoms with Gasteiger partial charge in [-0.25, -0.2) is 0 Å². The maximum Gasteiger partial charge on any atom is 0.256 e. The molecule has 0 unspecified atom stereocenters. The highest BCUT2D eigenvalue weighted by Gasteiger charge is 2.24. The summed E-state index contributed by atoms with van der Waals surface area (Å²) in [4.78, 5) is 25.3. The van der Waals surface area contributed by atoms with E-state index in [2.05, 4.69) is 33.1 Å². The molecule has 0 heterocycles. The highest BCUT2D eigenvalue weighted by molar-refractivity contribution is 9.10. The summed E-state index contributed by atoms with van der Waals surface area (Å²) < 4.78 is 6.03. The quantitative estimate of drug-likeness (QED) is 0.613. The van der Waals surface area contributed by atoms with Crippen molar-refractivity contribution in [1.29, 1.82) is 0 Å². The first-order chi connectivity index (χ1) is 13.4. The molecular weight excluding hydrogens is 420 g/mol. The van der Waals surface area contributed by atoms with Crippen LogP contribution < -0.4 is 15.4 Å². The van der Waals surface area contributed by atoms with E-state index in [9.17, 15) is 9.59 Å². The summed E-state index contributed by atoms with van der Waals surface area (Å²) in [5.41, 5.74) is 3.39. The zero-order valence-corrected chi connectivity index (χ0v) is 17.6. The molecule has 6 heteroatoms. The molecule has 0 aliphatic heterocycles. The van der Waals surface area contributed by atoms with Gasteiger partial charge in [-0.15, -0.1) is 6.58 Å². The normalized spacial score (nSPS) is 13.0. The number of amides is 2. The third-order valence-corrected chi connectivity index (χ3v) is 5.56. The van der Waals surface area contributed by atoms with Gasteiger partial charge >= 0.3 is 0 Å². The molecule has 0 aromatic heterocycles. The van der Waals surface area contributed by atoms with Crippen molar-refractivity contribution < 1.29 is 14.3 Å². The fourth-order valence-electron chi connectivity index (χ4n) is 2.83. The molecule has 1 aliphatic carbocycles. The van der Waals surface area contributed by atoms with Crippen molar-refractivity contribution in [3.63, 3.8) is 0 Å². The van der Waals surface area contributed by atoms with E-state index in [0.717, 1.165) is 24.0 Å². The molecule has 2 N–H and O–H groups in total. The molecule has 0 bridgehead atoms. The van der Waals surface area contributed by atoms with Gasteiger partial charge in [-0.3, -0.25) is 9.59 Å². The highest BCUT2D eigenvalue weighted by Crippen LogP contribution is 2.29. The van der Waals surface area contributed by atoms with Gasteiger partial charge in [0, 0.05) is 21.8 Å². The number of halogens is 1. The Morgan fingerprint density at radius 2 is 2.00 bits per heavy atom. The predicted molar refractivity (Wildman–Crippen MR) is 114 cm³/mol. The first-order valence-electron chi connectivity index (χ1n) is 9.13. The number of methoxy groups -OCH3 is 1. The van der Waals surface area contributed by atoms with Crippen molar-refractivity contribution in [3.05, 3.63) is 69.7 Å². The van der Waals surface area contributed by atoms with Gasteiger partial charge < -0.3 is 15.4 Å². The molecule has 1 aliphatic rings. The third kappa shape index (κ3) is 4.62. The lowest BCUT2D eigenvalue weighted by molar-refractivity contribution is 0.0949. The minimum atomic E-state index is -0.279. The lowest BCUT2D eigenvalue weighted by Crippen LogP contribution is -2.25. The second kappa shape index (κ2) is 8.61. The van der Waals surface area contributed by atoms with Gasteiger partial charge in [-0.2, -0.15) is 0 Å². The van der Waals surface area contributed by atoms with Crippen LogP contribution in [0.4, 0.5) is 5.69 Å². The Hall–Kier alpha value is -2.60. The van der Waals surface area contributed by atoms with Crippen molar-refractivity contribution in [2.45, 2.75) is 32.2 Å². The fourth-order valence-corrected chi connectivity index (χ4v) is 3.40. The molecule has 2 aromatic rings. The SMILES string of the molecule is C=CCc1cc(OC)cc(C(=O)Nc2cc(C(=O)NC3CC3)ccc2C)c1Br. The van der Waals surface area contributed by atoms with E-state index in [1.54, 1.807) is 31.4 Å². The van der Waals surface area contributed by atoms with Crippen LogP contribution in [0, 0.1) is 6.92 Å². The summed E-state index contributed by atoms with van der Waals surface area (Å²) >= 11 is 3.52. The second-order valence-electron chi connectivity index (χ2n) is 6.87. The molecular formula is C22H23BrN2O3. The molecule has 5 nitrogen and oxygen atoms in total. The smallest absolute Gasteiger partial charge is 0.256 e. The highest BCUT2D eigenvalue weighted by atomic mass is 79.9. The van der Waals surface area contributed by atoms with Crippen LogP contribution in [0.25, 0.3) is 0 Å². The van der Waals surface area contributed by atoms with Crippen molar-refractivity contribution in [1.82, 2.24) is 5.32 Å². The molecule has 0 saturated heterocycles. The Balaban J connectivity index is 1.87.